The highest BCUT2D eigenvalue weighted by Crippen LogP contribution is 2.28. The number of carbonyl (C=O) groups excluding carboxylic acids is 2. The van der Waals surface area contributed by atoms with Gasteiger partial charge in [0, 0.05) is 12.1 Å². The minimum atomic E-state index is -0.104. The van der Waals surface area contributed by atoms with Crippen LogP contribution in [0.1, 0.15) is 39.2 Å². The van der Waals surface area contributed by atoms with E-state index in [1.54, 1.807) is 0 Å². The summed E-state index contributed by atoms with van der Waals surface area (Å²) in [6.07, 6.45) is 2.22. The van der Waals surface area contributed by atoms with Gasteiger partial charge in [-0.05, 0) is 37.5 Å². The maximum atomic E-state index is 12.2. The number of ketones is 1. The molecule has 3 rings (SSSR count). The molecule has 5 nitrogen and oxygen atoms in total. The SMILES string of the molecule is CCOC(=O)CCCc1ccc(N2CC[N+]3(CC2)CC(C)C(=O)C(C)C3)cc1.[Cl-]. The highest BCUT2D eigenvalue weighted by atomic mass is 35.5. The highest BCUT2D eigenvalue weighted by Gasteiger charge is 2.43. The Morgan fingerprint density at radius 2 is 1.69 bits per heavy atom. The minimum Gasteiger partial charge on any atom is -1.00 e. The van der Waals surface area contributed by atoms with Crippen LogP contribution in [-0.2, 0) is 20.7 Å². The van der Waals surface area contributed by atoms with E-state index in [2.05, 4.69) is 43.0 Å². The van der Waals surface area contributed by atoms with E-state index in [0.717, 1.165) is 56.6 Å². The second-order valence-electron chi connectivity index (χ2n) is 8.67. The molecule has 2 unspecified atom stereocenters. The van der Waals surface area contributed by atoms with Crippen LogP contribution in [0, 0.1) is 11.8 Å². The average molecular weight is 423 g/mol. The number of hydrogen-bond donors (Lipinski definition) is 0. The number of carbonyl (C=O) groups is 2. The first-order valence-corrected chi connectivity index (χ1v) is 10.8. The van der Waals surface area contributed by atoms with Crippen LogP contribution in [0.2, 0.25) is 0 Å². The molecule has 1 spiro atoms. The smallest absolute Gasteiger partial charge is 0.305 e. The molecule has 0 amide bonds. The largest absolute Gasteiger partial charge is 1.00 e. The van der Waals surface area contributed by atoms with E-state index < -0.39 is 0 Å². The van der Waals surface area contributed by atoms with Crippen LogP contribution < -0.4 is 17.3 Å². The number of anilines is 1. The molecule has 0 bridgehead atoms. The fourth-order valence-corrected chi connectivity index (χ4v) is 4.96. The summed E-state index contributed by atoms with van der Waals surface area (Å²) in [5.41, 5.74) is 2.55. The summed E-state index contributed by atoms with van der Waals surface area (Å²) in [6.45, 7) is 12.9. The molecule has 162 valence electrons. The van der Waals surface area contributed by atoms with Crippen LogP contribution in [0.3, 0.4) is 0 Å². The molecule has 0 aliphatic carbocycles. The fraction of sp³-hybridized carbons (Fsp3) is 0.652. The quantitative estimate of drug-likeness (QED) is 0.481. The molecule has 1 aromatic rings. The molecule has 2 atom stereocenters. The minimum absolute atomic E-state index is 0. The van der Waals surface area contributed by atoms with Gasteiger partial charge in [-0.1, -0.05) is 26.0 Å². The molecule has 2 heterocycles. The van der Waals surface area contributed by atoms with Crippen LogP contribution in [0.25, 0.3) is 0 Å². The number of nitrogens with zero attached hydrogens (tertiary/aromatic N) is 2. The van der Waals surface area contributed by atoms with Crippen molar-refractivity contribution in [2.75, 3.05) is 50.8 Å². The van der Waals surface area contributed by atoms with Crippen LogP contribution >= 0.6 is 0 Å². The first-order valence-electron chi connectivity index (χ1n) is 10.8. The van der Waals surface area contributed by atoms with Gasteiger partial charge in [0.05, 0.1) is 57.7 Å². The van der Waals surface area contributed by atoms with Gasteiger partial charge in [-0.3, -0.25) is 9.59 Å². The number of piperidine rings is 1. The summed E-state index contributed by atoms with van der Waals surface area (Å²) in [6, 6.07) is 8.78. The fourth-order valence-electron chi connectivity index (χ4n) is 4.96. The van der Waals surface area contributed by atoms with E-state index in [9.17, 15) is 9.59 Å². The summed E-state index contributed by atoms with van der Waals surface area (Å²) in [5.74, 6) is 0.741. The molecule has 1 aromatic carbocycles. The van der Waals surface area contributed by atoms with Crippen molar-refractivity contribution >= 4 is 17.4 Å². The average Bonchev–Trinajstić information content (AvgIpc) is 2.68. The van der Waals surface area contributed by atoms with Crippen molar-refractivity contribution in [2.45, 2.75) is 40.0 Å². The van der Waals surface area contributed by atoms with Gasteiger partial charge in [-0.25, -0.2) is 0 Å². The number of ether oxygens (including phenoxy) is 1. The Bertz CT molecular complexity index is 668. The Morgan fingerprint density at radius 3 is 2.24 bits per heavy atom. The molecule has 2 aliphatic heterocycles. The Labute approximate surface area is 181 Å². The van der Waals surface area contributed by atoms with Gasteiger partial charge in [-0.15, -0.1) is 0 Å². The van der Waals surface area contributed by atoms with E-state index in [-0.39, 0.29) is 30.2 Å². The van der Waals surface area contributed by atoms with Crippen molar-refractivity contribution in [3.8, 4) is 0 Å². The van der Waals surface area contributed by atoms with Gasteiger partial charge in [0.1, 0.15) is 5.78 Å². The van der Waals surface area contributed by atoms with E-state index in [0.29, 0.717) is 18.8 Å². The van der Waals surface area contributed by atoms with E-state index in [4.69, 9.17) is 4.74 Å². The van der Waals surface area contributed by atoms with E-state index in [1.165, 1.54) is 11.3 Å². The number of halogens is 1. The first-order chi connectivity index (χ1) is 13.4. The van der Waals surface area contributed by atoms with Gasteiger partial charge in [0.2, 0.25) is 0 Å². The van der Waals surface area contributed by atoms with Gasteiger partial charge in [0.25, 0.3) is 0 Å². The normalized spacial score (nSPS) is 23.6. The number of quaternary nitrogens is 1. The third-order valence-electron chi connectivity index (χ3n) is 6.44. The molecule has 0 saturated carbocycles. The second kappa shape index (κ2) is 10.4. The molecular formula is C23H35ClN2O3. The van der Waals surface area contributed by atoms with Gasteiger partial charge in [0.15, 0.2) is 0 Å². The zero-order valence-corrected chi connectivity index (χ0v) is 18.8. The van der Waals surface area contributed by atoms with Crippen molar-refractivity contribution in [1.82, 2.24) is 0 Å². The molecular weight excluding hydrogens is 388 g/mol. The second-order valence-corrected chi connectivity index (χ2v) is 8.67. The standard InChI is InChI=1S/C23H35N2O3.ClH/c1-4-28-22(26)7-5-6-20-8-10-21(11-9-20)24-12-14-25(15-13-24)16-18(2)23(27)19(3)17-25;/h8-11,18-19H,4-7,12-17H2,1-3H3;1H/q+1;/p-1. The van der Waals surface area contributed by atoms with E-state index in [1.807, 2.05) is 6.92 Å². The molecule has 6 heteroatoms. The van der Waals surface area contributed by atoms with Crippen LogP contribution in [0.5, 0.6) is 0 Å². The van der Waals surface area contributed by atoms with Crippen LogP contribution in [-0.4, -0.2) is 62.1 Å². The lowest BCUT2D eigenvalue weighted by Crippen LogP contribution is -3.00. The van der Waals surface area contributed by atoms with Gasteiger partial charge >= 0.3 is 5.97 Å². The predicted molar refractivity (Wildman–Crippen MR) is 111 cm³/mol. The summed E-state index contributed by atoms with van der Waals surface area (Å²) < 4.78 is 6.09. The lowest BCUT2D eigenvalue weighted by molar-refractivity contribution is -0.935. The number of benzene rings is 1. The Morgan fingerprint density at radius 1 is 1.10 bits per heavy atom. The van der Waals surface area contributed by atoms with Crippen molar-refractivity contribution in [3.05, 3.63) is 29.8 Å². The van der Waals surface area contributed by atoms with Crippen molar-refractivity contribution in [3.63, 3.8) is 0 Å². The number of Topliss-reactive ketones (excluding diaryl/α,β-unsaturated/α-hetero) is 1. The Kier molecular flexibility index (Phi) is 8.53. The van der Waals surface area contributed by atoms with Crippen molar-refractivity contribution in [1.29, 1.82) is 0 Å². The highest BCUT2D eigenvalue weighted by molar-refractivity contribution is 5.83. The number of rotatable bonds is 6. The molecule has 0 aromatic heterocycles. The molecule has 2 fully saturated rings. The van der Waals surface area contributed by atoms with E-state index >= 15 is 0 Å². The maximum absolute atomic E-state index is 12.2. The Balaban J connectivity index is 0.00000300. The third-order valence-corrected chi connectivity index (χ3v) is 6.44. The number of esters is 1. The maximum Gasteiger partial charge on any atom is 0.305 e. The summed E-state index contributed by atoms with van der Waals surface area (Å²) in [5, 5.41) is 0. The zero-order chi connectivity index (χ0) is 20.1. The van der Waals surface area contributed by atoms with Crippen molar-refractivity contribution < 1.29 is 31.2 Å². The molecule has 29 heavy (non-hydrogen) atoms. The Hall–Kier alpha value is -1.59. The van der Waals surface area contributed by atoms with Crippen molar-refractivity contribution in [2.24, 2.45) is 11.8 Å². The van der Waals surface area contributed by atoms with Crippen LogP contribution in [0.4, 0.5) is 5.69 Å². The summed E-state index contributed by atoms with van der Waals surface area (Å²) >= 11 is 0. The zero-order valence-electron chi connectivity index (χ0n) is 18.0. The molecule has 0 radical (unpaired) electrons. The van der Waals surface area contributed by atoms with Gasteiger partial charge in [-0.2, -0.15) is 0 Å². The number of hydrogen-bond acceptors (Lipinski definition) is 4. The molecule has 0 N–H and O–H groups in total. The topological polar surface area (TPSA) is 46.6 Å². The molecule has 2 aliphatic rings. The van der Waals surface area contributed by atoms with Gasteiger partial charge < -0.3 is 26.5 Å². The lowest BCUT2D eigenvalue weighted by atomic mass is 9.87. The lowest BCUT2D eigenvalue weighted by Gasteiger charge is -2.50. The first kappa shape index (κ1) is 23.7. The molecule has 2 saturated heterocycles. The predicted octanol–water partition coefficient (Wildman–Crippen LogP) is 0.0681. The summed E-state index contributed by atoms with van der Waals surface area (Å²) in [4.78, 5) is 26.1. The van der Waals surface area contributed by atoms with Crippen LogP contribution in [0.15, 0.2) is 24.3 Å². The summed E-state index contributed by atoms with van der Waals surface area (Å²) in [7, 11) is 0. The third kappa shape index (κ3) is 5.95. The number of aryl methyl sites for hydroxylation is 1. The monoisotopic (exact) mass is 422 g/mol. The number of piperazine rings is 1.